The summed E-state index contributed by atoms with van der Waals surface area (Å²) in [6.07, 6.45) is 1.78. The highest BCUT2D eigenvalue weighted by molar-refractivity contribution is 6.90. The standard InChI is InChI=1S/C36H47ClN6OSi/c1-24(2)45(25(3)4,26(5)6)22-19-29-31-23-38-36(39-27-15-17-28(18-16-27)42(9)21-20-41(7)8)40-34(31)43(10)35(44)33(29)30-13-11-12-14-32(30)37/h11-18,23-26H,20-21H2,1-10H3,(H,38,39,40). The maximum absolute atomic E-state index is 14.1. The van der Waals surface area contributed by atoms with E-state index in [-0.39, 0.29) is 5.56 Å². The Morgan fingerprint density at radius 3 is 2.13 bits per heavy atom. The highest BCUT2D eigenvalue weighted by Gasteiger charge is 2.41. The number of nitrogens with one attached hydrogen (secondary N) is 1. The summed E-state index contributed by atoms with van der Waals surface area (Å²) >= 11 is 6.69. The van der Waals surface area contributed by atoms with Gasteiger partial charge in [-0.2, -0.15) is 4.98 Å². The van der Waals surface area contributed by atoms with E-state index < -0.39 is 8.07 Å². The molecule has 0 atom stereocenters. The van der Waals surface area contributed by atoms with E-state index in [9.17, 15) is 4.79 Å². The topological polar surface area (TPSA) is 66.3 Å². The van der Waals surface area contributed by atoms with Crippen LogP contribution in [-0.2, 0) is 7.05 Å². The van der Waals surface area contributed by atoms with Gasteiger partial charge in [-0.05, 0) is 61.1 Å². The molecule has 7 nitrogen and oxygen atoms in total. The molecule has 4 rings (SSSR count). The van der Waals surface area contributed by atoms with Crippen molar-refractivity contribution < 1.29 is 0 Å². The fraction of sp³-hybridized carbons (Fsp3) is 0.417. The Morgan fingerprint density at radius 1 is 0.933 bits per heavy atom. The Labute approximate surface area is 274 Å². The summed E-state index contributed by atoms with van der Waals surface area (Å²) in [7, 11) is 5.87. The quantitative estimate of drug-likeness (QED) is 0.140. The predicted octanol–water partition coefficient (Wildman–Crippen LogP) is 7.96. The van der Waals surface area contributed by atoms with Gasteiger partial charge in [-0.1, -0.05) is 77.3 Å². The second kappa shape index (κ2) is 14.2. The summed E-state index contributed by atoms with van der Waals surface area (Å²) < 4.78 is 1.58. The number of likely N-dealkylation sites (N-methyl/N-ethyl adjacent to an activating group) is 2. The van der Waals surface area contributed by atoms with E-state index in [2.05, 4.69) is 101 Å². The van der Waals surface area contributed by atoms with Crippen molar-refractivity contribution in [2.75, 3.05) is 44.4 Å². The van der Waals surface area contributed by atoms with Crippen molar-refractivity contribution in [1.82, 2.24) is 19.4 Å². The zero-order chi connectivity index (χ0) is 33.1. The van der Waals surface area contributed by atoms with Crippen LogP contribution in [0.15, 0.2) is 59.5 Å². The minimum atomic E-state index is -2.11. The van der Waals surface area contributed by atoms with Gasteiger partial charge in [0.25, 0.3) is 5.56 Å². The number of hydrogen-bond donors (Lipinski definition) is 1. The van der Waals surface area contributed by atoms with Crippen LogP contribution in [0.2, 0.25) is 21.6 Å². The maximum atomic E-state index is 14.1. The summed E-state index contributed by atoms with van der Waals surface area (Å²) in [5, 5.41) is 4.55. The number of fused-ring (bicyclic) bond motifs is 1. The summed E-state index contributed by atoms with van der Waals surface area (Å²) in [5.74, 6) is 3.98. The molecule has 0 aliphatic rings. The van der Waals surface area contributed by atoms with Crippen LogP contribution in [-0.4, -0.2) is 61.7 Å². The second-order valence-corrected chi connectivity index (χ2v) is 19.1. The first kappa shape index (κ1) is 34.2. The highest BCUT2D eigenvalue weighted by Crippen LogP contribution is 2.41. The molecule has 0 aliphatic heterocycles. The van der Waals surface area contributed by atoms with Gasteiger partial charge in [-0.15, -0.1) is 5.54 Å². The van der Waals surface area contributed by atoms with Gasteiger partial charge in [0.2, 0.25) is 5.95 Å². The number of aromatic nitrogens is 3. The molecule has 45 heavy (non-hydrogen) atoms. The van der Waals surface area contributed by atoms with Crippen LogP contribution in [0, 0.1) is 11.5 Å². The van der Waals surface area contributed by atoms with E-state index in [1.54, 1.807) is 17.8 Å². The summed E-state index contributed by atoms with van der Waals surface area (Å²) in [6.45, 7) is 15.6. The maximum Gasteiger partial charge on any atom is 0.261 e. The molecule has 0 saturated heterocycles. The zero-order valence-corrected chi connectivity index (χ0v) is 30.1. The van der Waals surface area contributed by atoms with Crippen LogP contribution in [0.5, 0.6) is 0 Å². The molecule has 0 unspecified atom stereocenters. The lowest BCUT2D eigenvalue weighted by molar-refractivity contribution is 0.416. The first-order valence-electron chi connectivity index (χ1n) is 15.7. The number of anilines is 3. The van der Waals surface area contributed by atoms with E-state index in [0.29, 0.717) is 49.9 Å². The van der Waals surface area contributed by atoms with Crippen molar-refractivity contribution in [3.63, 3.8) is 0 Å². The Kier molecular flexibility index (Phi) is 10.8. The molecule has 0 aliphatic carbocycles. The molecule has 2 aromatic carbocycles. The molecular weight excluding hydrogens is 596 g/mol. The fourth-order valence-corrected chi connectivity index (χ4v) is 11.9. The van der Waals surface area contributed by atoms with Crippen LogP contribution in [0.1, 0.15) is 47.1 Å². The fourth-order valence-electron chi connectivity index (χ4n) is 6.43. The lowest BCUT2D eigenvalue weighted by atomic mass is 9.99. The third-order valence-corrected chi connectivity index (χ3v) is 15.6. The molecule has 4 aromatic rings. The first-order chi connectivity index (χ1) is 21.3. The van der Waals surface area contributed by atoms with E-state index >= 15 is 0 Å². The lowest BCUT2D eigenvalue weighted by Gasteiger charge is -2.38. The van der Waals surface area contributed by atoms with Crippen LogP contribution in [0.3, 0.4) is 0 Å². The summed E-state index contributed by atoms with van der Waals surface area (Å²) in [6, 6.07) is 15.6. The molecule has 0 saturated carbocycles. The van der Waals surface area contributed by atoms with E-state index in [1.165, 1.54) is 0 Å². The number of rotatable bonds is 10. The van der Waals surface area contributed by atoms with Crippen LogP contribution >= 0.6 is 11.6 Å². The molecule has 0 radical (unpaired) electrons. The monoisotopic (exact) mass is 642 g/mol. The van der Waals surface area contributed by atoms with Crippen LogP contribution < -0.4 is 15.8 Å². The molecule has 0 bridgehead atoms. The number of aryl methyl sites for hydroxylation is 1. The van der Waals surface area contributed by atoms with Crippen molar-refractivity contribution >= 4 is 48.0 Å². The van der Waals surface area contributed by atoms with Gasteiger partial charge in [0, 0.05) is 60.9 Å². The van der Waals surface area contributed by atoms with Gasteiger partial charge in [-0.25, -0.2) is 4.98 Å². The Bertz CT molecular complexity index is 1750. The highest BCUT2D eigenvalue weighted by atomic mass is 35.5. The van der Waals surface area contributed by atoms with Crippen molar-refractivity contribution in [3.8, 4) is 22.6 Å². The zero-order valence-electron chi connectivity index (χ0n) is 28.4. The third kappa shape index (κ3) is 7.11. The summed E-state index contributed by atoms with van der Waals surface area (Å²) in [4.78, 5) is 28.0. The van der Waals surface area contributed by atoms with Gasteiger partial charge in [0.1, 0.15) is 13.7 Å². The average molecular weight is 643 g/mol. The van der Waals surface area contributed by atoms with E-state index in [1.807, 2.05) is 36.4 Å². The minimum Gasteiger partial charge on any atom is -0.373 e. The molecule has 2 aromatic heterocycles. The number of halogens is 1. The largest absolute Gasteiger partial charge is 0.373 e. The minimum absolute atomic E-state index is 0.194. The van der Waals surface area contributed by atoms with Crippen LogP contribution in [0.4, 0.5) is 17.3 Å². The van der Waals surface area contributed by atoms with Gasteiger partial charge < -0.3 is 15.1 Å². The van der Waals surface area contributed by atoms with Crippen molar-refractivity contribution in [3.05, 3.63) is 75.7 Å². The molecule has 1 N–H and O–H groups in total. The Balaban J connectivity index is 1.86. The van der Waals surface area contributed by atoms with Crippen molar-refractivity contribution in [2.24, 2.45) is 7.05 Å². The smallest absolute Gasteiger partial charge is 0.261 e. The van der Waals surface area contributed by atoms with E-state index in [0.717, 1.165) is 29.9 Å². The Morgan fingerprint density at radius 2 is 1.56 bits per heavy atom. The number of nitrogens with zero attached hydrogens (tertiary/aromatic N) is 5. The Hall–Kier alpha value is -3.64. The van der Waals surface area contributed by atoms with Gasteiger partial charge in [-0.3, -0.25) is 9.36 Å². The third-order valence-electron chi connectivity index (χ3n) is 8.98. The normalized spacial score (nSPS) is 11.9. The van der Waals surface area contributed by atoms with Gasteiger partial charge >= 0.3 is 0 Å². The molecule has 9 heteroatoms. The number of hydrogen-bond acceptors (Lipinski definition) is 6. The van der Waals surface area contributed by atoms with E-state index in [4.69, 9.17) is 21.6 Å². The molecular formula is C36H47ClN6OSi. The molecule has 0 spiro atoms. The van der Waals surface area contributed by atoms with Crippen molar-refractivity contribution in [2.45, 2.75) is 58.2 Å². The van der Waals surface area contributed by atoms with Crippen molar-refractivity contribution in [1.29, 1.82) is 0 Å². The molecule has 2 heterocycles. The molecule has 238 valence electrons. The average Bonchev–Trinajstić information content (AvgIpc) is 2.99. The first-order valence-corrected chi connectivity index (χ1v) is 18.3. The van der Waals surface area contributed by atoms with Gasteiger partial charge in [0.15, 0.2) is 0 Å². The van der Waals surface area contributed by atoms with Crippen LogP contribution in [0.25, 0.3) is 22.2 Å². The molecule has 0 fully saturated rings. The lowest BCUT2D eigenvalue weighted by Crippen LogP contribution is -2.43. The number of benzene rings is 2. The second-order valence-electron chi connectivity index (χ2n) is 13.1. The SMILES string of the molecule is CC(C)[Si](C#Cc1c(-c2ccccc2Cl)c(=O)n(C)c2nc(Nc3ccc(N(C)CCN(C)C)cc3)ncc12)(C(C)C)C(C)C. The predicted molar refractivity (Wildman–Crippen MR) is 195 cm³/mol. The molecule has 0 amide bonds. The summed E-state index contributed by atoms with van der Waals surface area (Å²) in [5.41, 5.74) is 9.24. The van der Waals surface area contributed by atoms with Gasteiger partial charge in [0.05, 0.1) is 10.9 Å². The number of pyridine rings is 1.